The van der Waals surface area contributed by atoms with Crippen molar-refractivity contribution in [3.63, 3.8) is 0 Å². The second kappa shape index (κ2) is 9.41. The van der Waals surface area contributed by atoms with Gasteiger partial charge in [0.1, 0.15) is 5.15 Å². The van der Waals surface area contributed by atoms with Crippen LogP contribution in [-0.2, 0) is 7.05 Å². The molecule has 1 aliphatic rings. The van der Waals surface area contributed by atoms with E-state index in [0.29, 0.717) is 22.5 Å². The summed E-state index contributed by atoms with van der Waals surface area (Å²) in [5, 5.41) is 6.46. The van der Waals surface area contributed by atoms with Crippen molar-refractivity contribution in [2.75, 3.05) is 30.4 Å². The lowest BCUT2D eigenvalue weighted by molar-refractivity contribution is -0.0223. The summed E-state index contributed by atoms with van der Waals surface area (Å²) >= 11 is 5.99. The number of halogens is 3. The van der Waals surface area contributed by atoms with Gasteiger partial charge < -0.3 is 15.5 Å². The van der Waals surface area contributed by atoms with Crippen LogP contribution in [-0.4, -0.2) is 46.5 Å². The Balaban J connectivity index is 1.79. The maximum atomic E-state index is 13.7. The molecule has 3 aromatic rings. The molecule has 0 unspecified atom stereocenters. The number of fused-ring (bicyclic) bond motifs is 1. The Morgan fingerprint density at radius 3 is 2.54 bits per heavy atom. The van der Waals surface area contributed by atoms with E-state index < -0.39 is 11.8 Å². The van der Waals surface area contributed by atoms with Crippen LogP contribution in [0.2, 0.25) is 5.15 Å². The first kappa shape index (κ1) is 24.8. The number of piperidine rings is 1. The molecule has 3 heterocycles. The minimum Gasteiger partial charge on any atom is -0.377 e. The molecule has 1 atom stereocenters. The second-order valence-corrected chi connectivity index (χ2v) is 9.23. The van der Waals surface area contributed by atoms with Gasteiger partial charge in [0.05, 0.1) is 22.6 Å². The Morgan fingerprint density at radius 2 is 1.89 bits per heavy atom. The molecule has 8 nitrogen and oxygen atoms in total. The summed E-state index contributed by atoms with van der Waals surface area (Å²) in [6.07, 6.45) is -0.573. The monoisotopic (exact) mass is 504 g/mol. The molecule has 0 bridgehead atoms. The maximum absolute atomic E-state index is 13.7. The summed E-state index contributed by atoms with van der Waals surface area (Å²) in [6.45, 7) is 3.99. The van der Waals surface area contributed by atoms with Crippen molar-refractivity contribution in [3.05, 3.63) is 56.6 Å². The number of rotatable bonds is 5. The van der Waals surface area contributed by atoms with E-state index in [1.54, 1.807) is 30.1 Å². The minimum atomic E-state index is -2.71. The number of hydrogen-bond acceptors (Lipinski definition) is 6. The van der Waals surface area contributed by atoms with Gasteiger partial charge in [-0.2, -0.15) is 0 Å². The molecule has 11 heteroatoms. The number of carbonyl (C=O) groups is 1. The van der Waals surface area contributed by atoms with Gasteiger partial charge in [-0.15, -0.1) is 0 Å². The Bertz CT molecular complexity index is 1350. The number of alkyl halides is 2. The number of carbonyl (C=O) groups excluding carboxylic acids is 1. The zero-order chi connectivity index (χ0) is 25.5. The molecule has 4 rings (SSSR count). The number of pyridine rings is 1. The summed E-state index contributed by atoms with van der Waals surface area (Å²) in [5.74, 6) is -2.75. The van der Waals surface area contributed by atoms with Crippen LogP contribution in [0.1, 0.15) is 47.4 Å². The predicted molar refractivity (Wildman–Crippen MR) is 133 cm³/mol. The van der Waals surface area contributed by atoms with Crippen LogP contribution in [0.4, 0.5) is 20.4 Å². The molecular formula is C24H27ClF2N6O2. The molecule has 1 amide bonds. The van der Waals surface area contributed by atoms with Crippen LogP contribution in [0, 0.1) is 6.92 Å². The van der Waals surface area contributed by atoms with Crippen molar-refractivity contribution < 1.29 is 13.6 Å². The highest BCUT2D eigenvalue weighted by Gasteiger charge is 2.35. The first-order valence-electron chi connectivity index (χ1n) is 11.3. The molecule has 0 saturated carbocycles. The summed E-state index contributed by atoms with van der Waals surface area (Å²) in [5.41, 5.74) is 2.44. The average Bonchev–Trinajstić information content (AvgIpc) is 2.82. The Morgan fingerprint density at radius 1 is 1.20 bits per heavy atom. The molecule has 0 spiro atoms. The average molecular weight is 505 g/mol. The Hall–Kier alpha value is -3.27. The van der Waals surface area contributed by atoms with E-state index in [0.717, 1.165) is 11.1 Å². The highest BCUT2D eigenvalue weighted by molar-refractivity contribution is 6.29. The van der Waals surface area contributed by atoms with Crippen molar-refractivity contribution in [2.24, 2.45) is 7.05 Å². The van der Waals surface area contributed by atoms with E-state index in [9.17, 15) is 18.4 Å². The lowest BCUT2D eigenvalue weighted by Gasteiger charge is -2.33. The van der Waals surface area contributed by atoms with E-state index in [1.807, 2.05) is 19.9 Å². The van der Waals surface area contributed by atoms with E-state index in [2.05, 4.69) is 15.6 Å². The fraction of sp³-hybridized carbons (Fsp3) is 0.417. The molecular weight excluding hydrogens is 478 g/mol. The smallest absolute Gasteiger partial charge is 0.271 e. The lowest BCUT2D eigenvalue weighted by Crippen LogP contribution is -2.42. The number of aryl methyl sites for hydroxylation is 1. The summed E-state index contributed by atoms with van der Waals surface area (Å²) in [6, 6.07) is 6.57. The molecule has 1 fully saturated rings. The van der Waals surface area contributed by atoms with Gasteiger partial charge in [-0.1, -0.05) is 17.7 Å². The molecule has 1 saturated heterocycles. The van der Waals surface area contributed by atoms with Gasteiger partial charge in [-0.3, -0.25) is 14.2 Å². The van der Waals surface area contributed by atoms with Crippen molar-refractivity contribution in [1.29, 1.82) is 0 Å². The molecule has 1 aromatic carbocycles. The first-order valence-corrected chi connectivity index (χ1v) is 11.7. The summed E-state index contributed by atoms with van der Waals surface area (Å²) in [4.78, 5) is 36.3. The Kier molecular flexibility index (Phi) is 6.68. The van der Waals surface area contributed by atoms with Gasteiger partial charge in [0.2, 0.25) is 5.95 Å². The van der Waals surface area contributed by atoms with Crippen molar-refractivity contribution >= 4 is 40.0 Å². The van der Waals surface area contributed by atoms with Crippen LogP contribution < -0.4 is 21.1 Å². The Labute approximate surface area is 206 Å². The van der Waals surface area contributed by atoms with E-state index >= 15 is 0 Å². The fourth-order valence-corrected chi connectivity index (χ4v) is 4.49. The van der Waals surface area contributed by atoms with E-state index in [4.69, 9.17) is 16.6 Å². The van der Waals surface area contributed by atoms with Gasteiger partial charge >= 0.3 is 0 Å². The number of hydrogen-bond donors (Lipinski definition) is 2. The zero-order valence-electron chi connectivity index (χ0n) is 20.0. The van der Waals surface area contributed by atoms with E-state index in [1.165, 1.54) is 11.6 Å². The topological polar surface area (TPSA) is 92.2 Å². The number of aromatic nitrogens is 3. The van der Waals surface area contributed by atoms with Crippen molar-refractivity contribution in [1.82, 2.24) is 19.9 Å². The van der Waals surface area contributed by atoms with Gasteiger partial charge in [0.15, 0.2) is 5.69 Å². The van der Waals surface area contributed by atoms with Crippen LogP contribution in [0.15, 0.2) is 29.1 Å². The van der Waals surface area contributed by atoms with Gasteiger partial charge in [-0.25, -0.2) is 18.7 Å². The van der Waals surface area contributed by atoms with Crippen LogP contribution in [0.3, 0.4) is 0 Å². The van der Waals surface area contributed by atoms with Crippen LogP contribution in [0.25, 0.3) is 10.9 Å². The van der Waals surface area contributed by atoms with Gasteiger partial charge in [0.25, 0.3) is 17.4 Å². The normalized spacial score (nSPS) is 16.3. The maximum Gasteiger partial charge on any atom is 0.271 e. The number of nitrogens with zero attached hydrogens (tertiary/aromatic N) is 4. The molecule has 1 aliphatic heterocycles. The number of anilines is 2. The third-order valence-electron chi connectivity index (χ3n) is 6.25. The van der Waals surface area contributed by atoms with Crippen molar-refractivity contribution in [2.45, 2.75) is 38.7 Å². The molecule has 186 valence electrons. The largest absolute Gasteiger partial charge is 0.377 e. The number of amides is 1. The molecule has 0 radical (unpaired) electrons. The third-order valence-corrected chi connectivity index (χ3v) is 6.46. The van der Waals surface area contributed by atoms with E-state index in [-0.39, 0.29) is 48.4 Å². The highest BCUT2D eigenvalue weighted by atomic mass is 35.5. The fourth-order valence-electron chi connectivity index (χ4n) is 4.34. The first-order chi connectivity index (χ1) is 16.5. The molecule has 2 aromatic heterocycles. The third kappa shape index (κ3) is 4.93. The number of benzene rings is 1. The zero-order valence-corrected chi connectivity index (χ0v) is 20.7. The van der Waals surface area contributed by atoms with Gasteiger partial charge in [-0.05, 0) is 37.6 Å². The van der Waals surface area contributed by atoms with Crippen LogP contribution >= 0.6 is 11.6 Å². The molecule has 0 aliphatic carbocycles. The lowest BCUT2D eigenvalue weighted by atomic mass is 10.0. The second-order valence-electron chi connectivity index (χ2n) is 8.84. The van der Waals surface area contributed by atoms with Crippen LogP contribution in [0.5, 0.6) is 0 Å². The van der Waals surface area contributed by atoms with Gasteiger partial charge in [0, 0.05) is 45.6 Å². The SMILES string of the molecule is CNC(=O)c1nc(Cl)ccc1N[C@H](C)c1cc(C)cc2c(=O)n(C)c(N3CCC(F)(F)CC3)nc12. The molecule has 35 heavy (non-hydrogen) atoms. The quantitative estimate of drug-likeness (QED) is 0.509. The highest BCUT2D eigenvalue weighted by Crippen LogP contribution is 2.32. The summed E-state index contributed by atoms with van der Waals surface area (Å²) in [7, 11) is 3.11. The number of nitrogens with one attached hydrogen (secondary N) is 2. The summed E-state index contributed by atoms with van der Waals surface area (Å²) < 4.78 is 28.9. The minimum absolute atomic E-state index is 0.111. The molecule has 2 N–H and O–H groups in total. The van der Waals surface area contributed by atoms with Crippen molar-refractivity contribution in [3.8, 4) is 0 Å². The standard InChI is InChI=1S/C24H27ClF2N6O2/c1-13-11-15(14(2)29-17-5-6-18(25)30-20(17)21(34)28-3)19-16(12-13)22(35)32(4)23(31-19)33-9-7-24(26,27)8-10-33/h5-6,11-12,14,29H,7-10H2,1-4H3,(H,28,34)/t14-/m1/s1. The predicted octanol–water partition coefficient (Wildman–Crippen LogP) is 4.06.